The number of benzene rings is 1. The maximum Gasteiger partial charge on any atom is 0.341 e. The molecule has 3 nitrogen and oxygen atoms in total. The standard InChI is InChI=1S/C16H24FNO2/c1-2-3-4-5-6-7-8-11-20-16(19)14-10-9-13(18)12-15(14)17/h9-10,12H,2-8,11,18H2,1H3. The molecule has 0 amide bonds. The average molecular weight is 281 g/mol. The molecule has 1 rings (SSSR count). The molecule has 0 unspecified atom stereocenters. The van der Waals surface area contributed by atoms with E-state index in [1.807, 2.05) is 0 Å². The number of hydrogen-bond donors (Lipinski definition) is 1. The molecule has 0 saturated heterocycles. The Balaban J connectivity index is 2.17. The Hall–Kier alpha value is -1.58. The number of unbranched alkanes of at least 4 members (excludes halogenated alkanes) is 6. The molecule has 0 spiro atoms. The van der Waals surface area contributed by atoms with Gasteiger partial charge in [-0.15, -0.1) is 0 Å². The molecule has 4 heteroatoms. The molecule has 2 N–H and O–H groups in total. The lowest BCUT2D eigenvalue weighted by Crippen LogP contribution is -2.09. The van der Waals surface area contributed by atoms with Crippen molar-refractivity contribution < 1.29 is 13.9 Å². The highest BCUT2D eigenvalue weighted by molar-refractivity contribution is 5.90. The van der Waals surface area contributed by atoms with E-state index in [9.17, 15) is 9.18 Å². The summed E-state index contributed by atoms with van der Waals surface area (Å²) in [5.74, 6) is -1.25. The smallest absolute Gasteiger partial charge is 0.341 e. The first kappa shape index (κ1) is 16.5. The van der Waals surface area contributed by atoms with Gasteiger partial charge in [0.25, 0.3) is 0 Å². The molecular formula is C16H24FNO2. The molecule has 1 aromatic carbocycles. The van der Waals surface area contributed by atoms with Crippen molar-refractivity contribution in [2.75, 3.05) is 12.3 Å². The molecule has 0 aromatic heterocycles. The highest BCUT2D eigenvalue weighted by Crippen LogP contribution is 2.13. The van der Waals surface area contributed by atoms with E-state index in [1.165, 1.54) is 37.8 Å². The van der Waals surface area contributed by atoms with Gasteiger partial charge in [-0.1, -0.05) is 45.4 Å². The summed E-state index contributed by atoms with van der Waals surface area (Å²) in [4.78, 5) is 11.6. The van der Waals surface area contributed by atoms with Gasteiger partial charge >= 0.3 is 5.97 Å². The molecule has 0 radical (unpaired) electrons. The summed E-state index contributed by atoms with van der Waals surface area (Å²) in [6, 6.07) is 3.98. The van der Waals surface area contributed by atoms with E-state index in [1.54, 1.807) is 0 Å². The second-order valence-electron chi connectivity index (χ2n) is 5.00. The van der Waals surface area contributed by atoms with Crippen LogP contribution in [0.15, 0.2) is 18.2 Å². The molecule has 0 heterocycles. The summed E-state index contributed by atoms with van der Waals surface area (Å²) < 4.78 is 18.5. The molecule has 0 bridgehead atoms. The lowest BCUT2D eigenvalue weighted by molar-refractivity contribution is 0.0492. The van der Waals surface area contributed by atoms with Gasteiger partial charge in [0.05, 0.1) is 12.2 Å². The number of nitrogen functional groups attached to an aromatic ring is 1. The van der Waals surface area contributed by atoms with Crippen molar-refractivity contribution in [2.45, 2.75) is 51.9 Å². The molecule has 112 valence electrons. The highest BCUT2D eigenvalue weighted by Gasteiger charge is 2.12. The Labute approximate surface area is 120 Å². The number of rotatable bonds is 9. The summed E-state index contributed by atoms with van der Waals surface area (Å²) in [6.07, 6.45) is 8.06. The van der Waals surface area contributed by atoms with Crippen molar-refractivity contribution in [1.82, 2.24) is 0 Å². The zero-order chi connectivity index (χ0) is 14.8. The van der Waals surface area contributed by atoms with Gasteiger partial charge in [0.15, 0.2) is 0 Å². The number of carbonyl (C=O) groups excluding carboxylic acids is 1. The minimum Gasteiger partial charge on any atom is -0.462 e. The minimum atomic E-state index is -0.630. The van der Waals surface area contributed by atoms with Crippen molar-refractivity contribution in [3.05, 3.63) is 29.6 Å². The molecule has 1 aromatic rings. The van der Waals surface area contributed by atoms with Gasteiger partial charge in [-0.25, -0.2) is 9.18 Å². The largest absolute Gasteiger partial charge is 0.462 e. The van der Waals surface area contributed by atoms with Crippen molar-refractivity contribution in [3.8, 4) is 0 Å². The van der Waals surface area contributed by atoms with Gasteiger partial charge in [-0.3, -0.25) is 0 Å². The molecule has 0 aliphatic carbocycles. The summed E-state index contributed by atoms with van der Waals surface area (Å²) in [7, 11) is 0. The van der Waals surface area contributed by atoms with E-state index in [0.29, 0.717) is 12.3 Å². The van der Waals surface area contributed by atoms with Gasteiger partial charge in [0.2, 0.25) is 0 Å². The first-order valence-electron chi connectivity index (χ1n) is 7.37. The molecule has 0 aliphatic rings. The lowest BCUT2D eigenvalue weighted by Gasteiger charge is -2.06. The van der Waals surface area contributed by atoms with Crippen molar-refractivity contribution >= 4 is 11.7 Å². The third kappa shape index (κ3) is 6.04. The van der Waals surface area contributed by atoms with E-state index < -0.39 is 11.8 Å². The van der Waals surface area contributed by atoms with E-state index >= 15 is 0 Å². The first-order valence-corrected chi connectivity index (χ1v) is 7.37. The topological polar surface area (TPSA) is 52.3 Å². The first-order chi connectivity index (χ1) is 9.65. The predicted octanol–water partition coefficient (Wildman–Crippen LogP) is 4.32. The SMILES string of the molecule is CCCCCCCCCOC(=O)c1ccc(N)cc1F. The van der Waals surface area contributed by atoms with Crippen LogP contribution in [0, 0.1) is 5.82 Å². The highest BCUT2D eigenvalue weighted by atomic mass is 19.1. The van der Waals surface area contributed by atoms with Gasteiger partial charge in [0, 0.05) is 5.69 Å². The van der Waals surface area contributed by atoms with Crippen molar-refractivity contribution in [3.63, 3.8) is 0 Å². The molecule has 0 saturated carbocycles. The third-order valence-corrected chi connectivity index (χ3v) is 3.19. The summed E-state index contributed by atoms with van der Waals surface area (Å²) in [6.45, 7) is 2.53. The van der Waals surface area contributed by atoms with Crippen LogP contribution in [0.4, 0.5) is 10.1 Å². The third-order valence-electron chi connectivity index (χ3n) is 3.19. The molecule has 0 aliphatic heterocycles. The van der Waals surface area contributed by atoms with E-state index in [-0.39, 0.29) is 5.56 Å². The Morgan fingerprint density at radius 2 is 1.80 bits per heavy atom. The van der Waals surface area contributed by atoms with Gasteiger partial charge in [-0.05, 0) is 24.6 Å². The Morgan fingerprint density at radius 1 is 1.15 bits per heavy atom. The van der Waals surface area contributed by atoms with Crippen LogP contribution >= 0.6 is 0 Å². The zero-order valence-electron chi connectivity index (χ0n) is 12.2. The number of anilines is 1. The second kappa shape index (κ2) is 9.34. The van der Waals surface area contributed by atoms with Crippen LogP contribution in [0.25, 0.3) is 0 Å². The lowest BCUT2D eigenvalue weighted by atomic mass is 10.1. The van der Waals surface area contributed by atoms with Crippen LogP contribution in [0.2, 0.25) is 0 Å². The number of halogens is 1. The fourth-order valence-corrected chi connectivity index (χ4v) is 2.00. The van der Waals surface area contributed by atoms with Crippen LogP contribution in [0.3, 0.4) is 0 Å². The average Bonchev–Trinajstić information content (AvgIpc) is 2.41. The van der Waals surface area contributed by atoms with Gasteiger partial charge < -0.3 is 10.5 Å². The van der Waals surface area contributed by atoms with Crippen molar-refractivity contribution in [1.29, 1.82) is 0 Å². The van der Waals surface area contributed by atoms with E-state index in [4.69, 9.17) is 10.5 Å². The zero-order valence-corrected chi connectivity index (χ0v) is 12.2. The number of ether oxygens (including phenoxy) is 1. The molecule has 20 heavy (non-hydrogen) atoms. The number of nitrogens with two attached hydrogens (primary N) is 1. The van der Waals surface area contributed by atoms with Gasteiger partial charge in [0.1, 0.15) is 5.82 Å². The van der Waals surface area contributed by atoms with Gasteiger partial charge in [-0.2, -0.15) is 0 Å². The fraction of sp³-hybridized carbons (Fsp3) is 0.562. The van der Waals surface area contributed by atoms with Crippen LogP contribution in [-0.2, 0) is 4.74 Å². The fourth-order valence-electron chi connectivity index (χ4n) is 2.00. The second-order valence-corrected chi connectivity index (χ2v) is 5.00. The number of hydrogen-bond acceptors (Lipinski definition) is 3. The maximum atomic E-state index is 13.5. The normalized spacial score (nSPS) is 10.5. The molecule has 0 fully saturated rings. The predicted molar refractivity (Wildman–Crippen MR) is 79.1 cm³/mol. The Kier molecular flexibility index (Phi) is 7.70. The van der Waals surface area contributed by atoms with Crippen LogP contribution < -0.4 is 5.73 Å². The quantitative estimate of drug-likeness (QED) is 0.417. The maximum absolute atomic E-state index is 13.5. The Morgan fingerprint density at radius 3 is 2.45 bits per heavy atom. The number of carbonyl (C=O) groups is 1. The Bertz CT molecular complexity index is 421. The molecular weight excluding hydrogens is 257 g/mol. The summed E-state index contributed by atoms with van der Waals surface area (Å²) in [5.41, 5.74) is 5.67. The van der Waals surface area contributed by atoms with E-state index in [0.717, 1.165) is 25.3 Å². The van der Waals surface area contributed by atoms with Crippen molar-refractivity contribution in [2.24, 2.45) is 0 Å². The minimum absolute atomic E-state index is 0.0536. The van der Waals surface area contributed by atoms with Crippen LogP contribution in [0.5, 0.6) is 0 Å². The molecule has 0 atom stereocenters. The number of esters is 1. The van der Waals surface area contributed by atoms with Crippen LogP contribution in [-0.4, -0.2) is 12.6 Å². The monoisotopic (exact) mass is 281 g/mol. The van der Waals surface area contributed by atoms with Crippen LogP contribution in [0.1, 0.15) is 62.2 Å². The summed E-state index contributed by atoms with van der Waals surface area (Å²) >= 11 is 0. The van der Waals surface area contributed by atoms with E-state index in [2.05, 4.69) is 6.92 Å². The summed E-state index contributed by atoms with van der Waals surface area (Å²) in [5, 5.41) is 0.